The van der Waals surface area contributed by atoms with Crippen LogP contribution >= 0.6 is 11.8 Å². The van der Waals surface area contributed by atoms with Crippen LogP contribution in [-0.4, -0.2) is 16.6 Å². The highest BCUT2D eigenvalue weighted by molar-refractivity contribution is 6.14. The lowest BCUT2D eigenvalue weighted by Gasteiger charge is -2.67. The van der Waals surface area contributed by atoms with Gasteiger partial charge in [0.1, 0.15) is 0 Å². The smallest absolute Gasteiger partial charge is 0.309 e. The van der Waals surface area contributed by atoms with Gasteiger partial charge in [0.25, 0.3) is 0 Å². The minimum absolute atomic E-state index is 0.143. The van der Waals surface area contributed by atoms with E-state index in [4.69, 9.17) is 11.8 Å². The van der Waals surface area contributed by atoms with E-state index < -0.39 is 11.4 Å². The topological polar surface area (TPSA) is 49.3 Å². The van der Waals surface area contributed by atoms with Gasteiger partial charge in [-0.3, -0.25) is 4.79 Å². The summed E-state index contributed by atoms with van der Waals surface area (Å²) in [6.07, 6.45) is 5.54. The Labute approximate surface area is 107 Å². The molecule has 4 bridgehead atoms. The number of carboxylic acid groups (broad SMARTS) is 1. The Morgan fingerprint density at radius 3 is 2.00 bits per heavy atom. The summed E-state index contributed by atoms with van der Waals surface area (Å²) in [5.74, 6) is -0.620. The molecule has 96 valence electrons. The molecule has 2 atom stereocenters. The minimum Gasteiger partial charge on any atom is -0.481 e. The van der Waals surface area contributed by atoms with Crippen molar-refractivity contribution >= 4 is 17.7 Å². The highest BCUT2D eigenvalue weighted by Gasteiger charge is 2.67. The van der Waals surface area contributed by atoms with Crippen molar-refractivity contribution in [3.8, 4) is 0 Å². The van der Waals surface area contributed by atoms with Crippen molar-refractivity contribution in [2.24, 2.45) is 16.2 Å². The van der Waals surface area contributed by atoms with Crippen LogP contribution in [0.5, 0.6) is 0 Å². The van der Waals surface area contributed by atoms with Crippen molar-refractivity contribution in [2.75, 3.05) is 0 Å². The minimum atomic E-state index is -0.620. The van der Waals surface area contributed by atoms with Crippen LogP contribution in [-0.2, 0) is 4.79 Å². The van der Waals surface area contributed by atoms with Crippen LogP contribution in [0, 0.1) is 16.2 Å². The van der Waals surface area contributed by atoms with E-state index in [1.54, 1.807) is 0 Å². The standard InChI is InChI=1S/C13H20ClNO2/c1-10-3-11(2)5-12(4-10,9(16)17)8-13(6-10,7-11)15-14/h15H,3-8H2,1-2H3,(H,16,17). The zero-order chi connectivity index (χ0) is 12.5. The monoisotopic (exact) mass is 257 g/mol. The molecule has 0 heterocycles. The van der Waals surface area contributed by atoms with E-state index in [1.807, 2.05) is 0 Å². The Balaban J connectivity index is 2.10. The molecule has 17 heavy (non-hydrogen) atoms. The van der Waals surface area contributed by atoms with E-state index in [0.29, 0.717) is 6.42 Å². The molecule has 0 aromatic carbocycles. The van der Waals surface area contributed by atoms with Crippen molar-refractivity contribution in [2.45, 2.75) is 57.9 Å². The molecule has 2 N–H and O–H groups in total. The molecule has 2 unspecified atom stereocenters. The SMILES string of the molecule is CC12CC3(C)CC(NCl)(C1)CC(C(=O)O)(C2)C3. The summed E-state index contributed by atoms with van der Waals surface area (Å²) in [6.45, 7) is 4.48. The molecule has 0 radical (unpaired) electrons. The summed E-state index contributed by atoms with van der Waals surface area (Å²) in [6, 6.07) is 0. The zero-order valence-corrected chi connectivity index (χ0v) is 11.2. The van der Waals surface area contributed by atoms with Crippen molar-refractivity contribution in [3.05, 3.63) is 0 Å². The normalized spacial score (nSPS) is 56.2. The summed E-state index contributed by atoms with van der Waals surface area (Å²) in [4.78, 5) is 14.7. The first kappa shape index (κ1) is 11.8. The molecule has 0 spiro atoms. The Morgan fingerprint density at radius 1 is 1.06 bits per heavy atom. The Morgan fingerprint density at radius 2 is 1.59 bits per heavy atom. The number of carboxylic acids is 1. The largest absolute Gasteiger partial charge is 0.481 e. The summed E-state index contributed by atoms with van der Waals surface area (Å²) in [7, 11) is 0. The van der Waals surface area contributed by atoms with Gasteiger partial charge in [-0.2, -0.15) is 0 Å². The lowest BCUT2D eigenvalue weighted by atomic mass is 9.38. The van der Waals surface area contributed by atoms with Crippen LogP contribution in [0.3, 0.4) is 0 Å². The van der Waals surface area contributed by atoms with Gasteiger partial charge in [0.2, 0.25) is 0 Å². The molecular formula is C13H20ClNO2. The van der Waals surface area contributed by atoms with E-state index in [9.17, 15) is 9.90 Å². The second kappa shape index (κ2) is 3.00. The maximum Gasteiger partial charge on any atom is 0.309 e. The van der Waals surface area contributed by atoms with Gasteiger partial charge < -0.3 is 5.11 Å². The molecule has 0 aromatic heterocycles. The third kappa shape index (κ3) is 1.48. The van der Waals surface area contributed by atoms with Gasteiger partial charge in [0.15, 0.2) is 0 Å². The highest BCUT2D eigenvalue weighted by atomic mass is 35.5. The molecule has 4 saturated carbocycles. The van der Waals surface area contributed by atoms with Crippen molar-refractivity contribution in [3.63, 3.8) is 0 Å². The van der Waals surface area contributed by atoms with Crippen LogP contribution in [0.2, 0.25) is 0 Å². The van der Waals surface area contributed by atoms with Gasteiger partial charge in [0.05, 0.1) is 5.41 Å². The van der Waals surface area contributed by atoms with Crippen molar-refractivity contribution in [1.82, 2.24) is 4.84 Å². The Kier molecular flexibility index (Phi) is 2.08. The van der Waals surface area contributed by atoms with E-state index in [-0.39, 0.29) is 16.4 Å². The molecule has 0 amide bonds. The maximum atomic E-state index is 11.7. The molecule has 4 rings (SSSR count). The number of hydrogen-bond acceptors (Lipinski definition) is 2. The lowest BCUT2D eigenvalue weighted by Crippen LogP contribution is -2.67. The second-order valence-corrected chi connectivity index (χ2v) is 7.83. The van der Waals surface area contributed by atoms with Gasteiger partial charge in [-0.25, -0.2) is 4.84 Å². The molecule has 0 aromatic rings. The number of rotatable bonds is 2. The maximum absolute atomic E-state index is 11.7. The fourth-order valence-corrected chi connectivity index (χ4v) is 6.22. The fraction of sp³-hybridized carbons (Fsp3) is 0.923. The summed E-state index contributed by atoms with van der Waals surface area (Å²) in [5, 5.41) is 9.65. The number of nitrogens with one attached hydrogen (secondary N) is 1. The van der Waals surface area contributed by atoms with Crippen LogP contribution in [0.1, 0.15) is 52.4 Å². The molecule has 4 aliphatic rings. The number of halogens is 1. The molecular weight excluding hydrogens is 238 g/mol. The number of carbonyl (C=O) groups is 1. The highest BCUT2D eigenvalue weighted by Crippen LogP contribution is 2.70. The van der Waals surface area contributed by atoms with Crippen LogP contribution in [0.15, 0.2) is 0 Å². The quantitative estimate of drug-likeness (QED) is 0.748. The number of aliphatic carboxylic acids is 1. The van der Waals surface area contributed by atoms with Crippen molar-refractivity contribution < 1.29 is 9.90 Å². The van der Waals surface area contributed by atoms with E-state index >= 15 is 0 Å². The molecule has 4 aliphatic carbocycles. The van der Waals surface area contributed by atoms with Gasteiger partial charge in [-0.05, 0) is 61.1 Å². The van der Waals surface area contributed by atoms with Crippen LogP contribution < -0.4 is 4.84 Å². The van der Waals surface area contributed by atoms with Gasteiger partial charge >= 0.3 is 5.97 Å². The first-order valence-electron chi connectivity index (χ1n) is 6.36. The van der Waals surface area contributed by atoms with Gasteiger partial charge in [-0.15, -0.1) is 0 Å². The Bertz CT molecular complexity index is 377. The molecule has 0 saturated heterocycles. The lowest BCUT2D eigenvalue weighted by molar-refractivity contribution is -0.191. The number of hydrogen-bond donors (Lipinski definition) is 2. The third-order valence-electron chi connectivity index (χ3n) is 5.25. The molecule has 4 heteroatoms. The van der Waals surface area contributed by atoms with E-state index in [1.165, 1.54) is 0 Å². The van der Waals surface area contributed by atoms with Crippen molar-refractivity contribution in [1.29, 1.82) is 0 Å². The predicted molar refractivity (Wildman–Crippen MR) is 65.7 cm³/mol. The van der Waals surface area contributed by atoms with E-state index in [0.717, 1.165) is 32.1 Å². The first-order chi connectivity index (χ1) is 7.75. The predicted octanol–water partition coefficient (Wildman–Crippen LogP) is 2.93. The average Bonchev–Trinajstić information content (AvgIpc) is 2.11. The zero-order valence-electron chi connectivity index (χ0n) is 10.5. The van der Waals surface area contributed by atoms with Crippen LogP contribution in [0.25, 0.3) is 0 Å². The average molecular weight is 258 g/mol. The van der Waals surface area contributed by atoms with Crippen LogP contribution in [0.4, 0.5) is 0 Å². The summed E-state index contributed by atoms with van der Waals surface area (Å²) in [5.41, 5.74) is -0.411. The Hall–Kier alpha value is -0.280. The van der Waals surface area contributed by atoms with E-state index in [2.05, 4.69) is 18.7 Å². The summed E-state index contributed by atoms with van der Waals surface area (Å²) < 4.78 is 0. The van der Waals surface area contributed by atoms with Gasteiger partial charge in [-0.1, -0.05) is 13.8 Å². The fourth-order valence-electron chi connectivity index (χ4n) is 6.02. The molecule has 3 nitrogen and oxygen atoms in total. The molecule has 0 aliphatic heterocycles. The van der Waals surface area contributed by atoms with Gasteiger partial charge in [0, 0.05) is 5.54 Å². The third-order valence-corrected chi connectivity index (χ3v) is 5.65. The molecule has 4 fully saturated rings. The first-order valence-corrected chi connectivity index (χ1v) is 6.74. The summed E-state index contributed by atoms with van der Waals surface area (Å²) >= 11 is 5.97. The second-order valence-electron chi connectivity index (χ2n) is 7.64.